The van der Waals surface area contributed by atoms with Gasteiger partial charge in [-0.15, -0.1) is 0 Å². The number of aryl methyl sites for hydroxylation is 2. The number of aromatic nitrogens is 1. The molecule has 7 nitrogen and oxygen atoms in total. The molecule has 2 aromatic carbocycles. The van der Waals surface area contributed by atoms with Crippen molar-refractivity contribution in [3.63, 3.8) is 0 Å². The summed E-state index contributed by atoms with van der Waals surface area (Å²) in [6, 6.07) is 15.1. The van der Waals surface area contributed by atoms with Gasteiger partial charge in [-0.2, -0.15) is 0 Å². The van der Waals surface area contributed by atoms with Crippen molar-refractivity contribution in [2.75, 3.05) is 11.5 Å². The molecule has 2 aromatic heterocycles. The lowest BCUT2D eigenvalue weighted by Gasteiger charge is -2.20. The number of hydrogen-bond acceptors (Lipinski definition) is 7. The summed E-state index contributed by atoms with van der Waals surface area (Å²) in [5.41, 5.74) is 2.11. The third-order valence-corrected chi connectivity index (χ3v) is 6.65. The van der Waals surface area contributed by atoms with E-state index in [2.05, 4.69) is 4.98 Å². The van der Waals surface area contributed by atoms with Gasteiger partial charge in [0, 0.05) is 5.56 Å². The molecule has 3 heterocycles. The number of hydrogen-bond donors (Lipinski definition) is 1. The molecule has 0 radical (unpaired) electrons. The van der Waals surface area contributed by atoms with E-state index < -0.39 is 17.7 Å². The lowest BCUT2D eigenvalue weighted by atomic mass is 9.99. The Morgan fingerprint density at radius 3 is 2.71 bits per heavy atom. The summed E-state index contributed by atoms with van der Waals surface area (Å²) in [7, 11) is 0. The minimum atomic E-state index is -0.953. The first kappa shape index (κ1) is 21.9. The van der Waals surface area contributed by atoms with Crippen LogP contribution in [0.2, 0.25) is 0 Å². The zero-order chi connectivity index (χ0) is 24.0. The summed E-state index contributed by atoms with van der Waals surface area (Å²) in [5, 5.41) is 11.6. The molecule has 4 aromatic rings. The van der Waals surface area contributed by atoms with E-state index in [-0.39, 0.29) is 11.3 Å². The monoisotopic (exact) mass is 474 g/mol. The van der Waals surface area contributed by atoms with E-state index in [1.165, 1.54) is 16.2 Å². The van der Waals surface area contributed by atoms with Crippen LogP contribution in [0.25, 0.3) is 16.0 Å². The van der Waals surface area contributed by atoms with E-state index in [0.29, 0.717) is 34.6 Å². The number of ether oxygens (including phenoxy) is 1. The van der Waals surface area contributed by atoms with Crippen LogP contribution in [0.4, 0.5) is 5.13 Å². The third-order valence-electron chi connectivity index (χ3n) is 5.63. The van der Waals surface area contributed by atoms with Crippen molar-refractivity contribution in [1.82, 2.24) is 4.98 Å². The first-order valence-electron chi connectivity index (χ1n) is 10.8. The molecule has 34 heavy (non-hydrogen) atoms. The fourth-order valence-corrected chi connectivity index (χ4v) is 5.17. The number of aliphatic hydroxyl groups excluding tert-OH is 1. The summed E-state index contributed by atoms with van der Waals surface area (Å²) in [6.07, 6.45) is 0. The van der Waals surface area contributed by atoms with Crippen molar-refractivity contribution in [3.05, 3.63) is 82.8 Å². The lowest BCUT2D eigenvalue weighted by Crippen LogP contribution is -2.29. The minimum Gasteiger partial charge on any atom is -0.507 e. The van der Waals surface area contributed by atoms with E-state index in [1.54, 1.807) is 43.3 Å². The van der Waals surface area contributed by atoms with Crippen LogP contribution in [0.5, 0.6) is 5.75 Å². The highest BCUT2D eigenvalue weighted by Gasteiger charge is 2.49. The number of thiazole rings is 1. The highest BCUT2D eigenvalue weighted by atomic mass is 32.1. The standard InChI is InChI=1S/C26H22N2O5S/c1-4-32-17-7-5-6-16(13-17)23(29)21-22(19-11-9-15(3)33-19)28(25(31)24(21)30)26-27-18-10-8-14(2)12-20(18)34-26/h5-13,22,29H,4H2,1-3H3/b23-21+. The van der Waals surface area contributed by atoms with Gasteiger partial charge in [0.25, 0.3) is 5.78 Å². The number of benzene rings is 2. The fourth-order valence-electron chi connectivity index (χ4n) is 4.08. The average molecular weight is 475 g/mol. The Morgan fingerprint density at radius 1 is 1.15 bits per heavy atom. The fraction of sp³-hybridized carbons (Fsp3) is 0.192. The van der Waals surface area contributed by atoms with Crippen LogP contribution in [0.3, 0.4) is 0 Å². The van der Waals surface area contributed by atoms with Gasteiger partial charge in [-0.3, -0.25) is 14.5 Å². The van der Waals surface area contributed by atoms with Crippen LogP contribution >= 0.6 is 11.3 Å². The number of rotatable bonds is 5. The first-order valence-corrected chi connectivity index (χ1v) is 11.7. The SMILES string of the molecule is CCOc1cccc(/C(O)=C2\C(=O)C(=O)N(c3nc4ccc(C)cc4s3)C2c2ccc(C)o2)c1. The molecule has 5 rings (SSSR count). The number of aliphatic hydroxyl groups is 1. The van der Waals surface area contributed by atoms with E-state index in [0.717, 1.165) is 15.8 Å². The van der Waals surface area contributed by atoms with Gasteiger partial charge >= 0.3 is 5.91 Å². The highest BCUT2D eigenvalue weighted by molar-refractivity contribution is 7.22. The molecule has 0 bridgehead atoms. The lowest BCUT2D eigenvalue weighted by molar-refractivity contribution is -0.132. The van der Waals surface area contributed by atoms with Gasteiger partial charge in [0.1, 0.15) is 29.1 Å². The second-order valence-electron chi connectivity index (χ2n) is 8.05. The van der Waals surface area contributed by atoms with Crippen molar-refractivity contribution in [1.29, 1.82) is 0 Å². The summed E-state index contributed by atoms with van der Waals surface area (Å²) in [4.78, 5) is 32.5. The quantitative estimate of drug-likeness (QED) is 0.232. The van der Waals surface area contributed by atoms with Crippen molar-refractivity contribution >= 4 is 44.1 Å². The molecule has 1 N–H and O–H groups in total. The van der Waals surface area contributed by atoms with E-state index in [4.69, 9.17) is 9.15 Å². The summed E-state index contributed by atoms with van der Waals surface area (Å²) in [6.45, 7) is 6.07. The van der Waals surface area contributed by atoms with Gasteiger partial charge in [0.2, 0.25) is 0 Å². The normalized spacial score (nSPS) is 17.6. The number of anilines is 1. The average Bonchev–Trinajstić information content (AvgIpc) is 3.49. The second kappa shape index (κ2) is 8.46. The van der Waals surface area contributed by atoms with Crippen LogP contribution in [-0.4, -0.2) is 28.4 Å². The van der Waals surface area contributed by atoms with Crippen molar-refractivity contribution in [2.24, 2.45) is 0 Å². The molecule has 1 atom stereocenters. The zero-order valence-electron chi connectivity index (χ0n) is 18.9. The second-order valence-corrected chi connectivity index (χ2v) is 9.06. The van der Waals surface area contributed by atoms with Crippen LogP contribution in [0, 0.1) is 13.8 Å². The number of Topliss-reactive ketones (excluding diaryl/α,β-unsaturated/α-hetero) is 1. The molecular formula is C26H22N2O5S. The van der Waals surface area contributed by atoms with E-state index >= 15 is 0 Å². The van der Waals surface area contributed by atoms with Gasteiger partial charge in [-0.05, 0) is 62.7 Å². The molecule has 1 saturated heterocycles. The van der Waals surface area contributed by atoms with Crippen molar-refractivity contribution in [2.45, 2.75) is 26.8 Å². The molecule has 1 aliphatic heterocycles. The van der Waals surface area contributed by atoms with Crippen LogP contribution in [0.15, 0.2) is 64.6 Å². The van der Waals surface area contributed by atoms with Crippen LogP contribution < -0.4 is 9.64 Å². The Morgan fingerprint density at radius 2 is 1.97 bits per heavy atom. The van der Waals surface area contributed by atoms with E-state index in [1.807, 2.05) is 32.0 Å². The largest absolute Gasteiger partial charge is 0.507 e. The van der Waals surface area contributed by atoms with Crippen molar-refractivity contribution < 1.29 is 23.8 Å². The molecule has 1 fully saturated rings. The smallest absolute Gasteiger partial charge is 0.302 e. The Bertz CT molecular complexity index is 1460. The number of carbonyl (C=O) groups is 2. The molecule has 0 spiro atoms. The van der Waals surface area contributed by atoms with E-state index in [9.17, 15) is 14.7 Å². The van der Waals surface area contributed by atoms with Gasteiger partial charge in [-0.1, -0.05) is 29.5 Å². The van der Waals surface area contributed by atoms with Gasteiger partial charge in [0.15, 0.2) is 5.13 Å². The Kier molecular flexibility index (Phi) is 5.45. The zero-order valence-corrected chi connectivity index (χ0v) is 19.7. The predicted molar refractivity (Wildman–Crippen MR) is 130 cm³/mol. The molecular weight excluding hydrogens is 452 g/mol. The number of ketones is 1. The van der Waals surface area contributed by atoms with Gasteiger partial charge < -0.3 is 14.3 Å². The molecule has 172 valence electrons. The third kappa shape index (κ3) is 3.66. The predicted octanol–water partition coefficient (Wildman–Crippen LogP) is 5.53. The molecule has 0 saturated carbocycles. The molecule has 1 amide bonds. The Labute approximate surface area is 199 Å². The highest BCUT2D eigenvalue weighted by Crippen LogP contribution is 2.44. The molecule has 1 unspecified atom stereocenters. The first-order chi connectivity index (χ1) is 16.4. The number of amides is 1. The minimum absolute atomic E-state index is 0.0524. The summed E-state index contributed by atoms with van der Waals surface area (Å²) >= 11 is 1.31. The topological polar surface area (TPSA) is 92.9 Å². The van der Waals surface area contributed by atoms with Crippen LogP contribution in [0.1, 0.15) is 35.6 Å². The van der Waals surface area contributed by atoms with Crippen LogP contribution in [-0.2, 0) is 9.59 Å². The number of furan rings is 1. The molecule has 1 aliphatic rings. The maximum Gasteiger partial charge on any atom is 0.302 e. The molecule has 8 heteroatoms. The maximum absolute atomic E-state index is 13.3. The number of fused-ring (bicyclic) bond motifs is 1. The Balaban J connectivity index is 1.70. The summed E-state index contributed by atoms with van der Waals surface area (Å²) in [5.74, 6) is -0.314. The Hall–Kier alpha value is -3.91. The van der Waals surface area contributed by atoms with Gasteiger partial charge in [-0.25, -0.2) is 4.98 Å². The van der Waals surface area contributed by atoms with Crippen molar-refractivity contribution in [3.8, 4) is 5.75 Å². The van der Waals surface area contributed by atoms with Gasteiger partial charge in [0.05, 0.1) is 22.4 Å². The number of nitrogens with zero attached hydrogens (tertiary/aromatic N) is 2. The molecule has 0 aliphatic carbocycles. The summed E-state index contributed by atoms with van der Waals surface area (Å²) < 4.78 is 12.3. The maximum atomic E-state index is 13.3. The number of carbonyl (C=O) groups excluding carboxylic acids is 2.